The Morgan fingerprint density at radius 3 is 2.40 bits per heavy atom. The summed E-state index contributed by atoms with van der Waals surface area (Å²) in [4.78, 5) is 12.2. The van der Waals surface area contributed by atoms with Crippen molar-refractivity contribution in [2.45, 2.75) is 26.8 Å². The first kappa shape index (κ1) is 14.2. The van der Waals surface area contributed by atoms with E-state index in [9.17, 15) is 4.79 Å². The van der Waals surface area contributed by atoms with Gasteiger partial charge in [0, 0.05) is 0 Å². The largest absolute Gasteiger partial charge is 0.497 e. The number of carbonyl (C=O) groups excluding carboxylic acids is 1. The first-order valence-corrected chi connectivity index (χ1v) is 6.53. The van der Waals surface area contributed by atoms with Crippen LogP contribution in [0.1, 0.15) is 40.4 Å². The second-order valence-corrected chi connectivity index (χ2v) is 4.80. The number of amides is 1. The third-order valence-corrected chi connectivity index (χ3v) is 3.25. The van der Waals surface area contributed by atoms with Gasteiger partial charge in [0.05, 0.1) is 18.7 Å². The zero-order valence-electron chi connectivity index (χ0n) is 12.2. The summed E-state index contributed by atoms with van der Waals surface area (Å²) in [5.41, 5.74) is 1.61. The molecule has 1 amide bonds. The lowest BCUT2D eigenvalue weighted by Crippen LogP contribution is -2.26. The number of hydrogen-bond donors (Lipinski definition) is 1. The van der Waals surface area contributed by atoms with Crippen LogP contribution in [0.2, 0.25) is 0 Å². The highest BCUT2D eigenvalue weighted by Gasteiger charge is 2.16. The standard InChI is InChI=1S/C16H19NO3/c1-10-9-15(12(3)20-10)16(18)17-11(2)13-5-7-14(19-4)8-6-13/h5-9,11H,1-4H3,(H,17,18). The van der Waals surface area contributed by atoms with Crippen molar-refractivity contribution < 1.29 is 13.9 Å². The van der Waals surface area contributed by atoms with Gasteiger partial charge in [-0.1, -0.05) is 12.1 Å². The molecule has 0 saturated heterocycles. The third kappa shape index (κ3) is 3.02. The van der Waals surface area contributed by atoms with Gasteiger partial charge < -0.3 is 14.5 Å². The van der Waals surface area contributed by atoms with Crippen LogP contribution in [0.3, 0.4) is 0 Å². The van der Waals surface area contributed by atoms with E-state index in [1.54, 1.807) is 20.1 Å². The van der Waals surface area contributed by atoms with E-state index in [2.05, 4.69) is 5.32 Å². The van der Waals surface area contributed by atoms with Crippen molar-refractivity contribution in [3.63, 3.8) is 0 Å². The van der Waals surface area contributed by atoms with Crippen LogP contribution in [-0.2, 0) is 0 Å². The summed E-state index contributed by atoms with van der Waals surface area (Å²) in [7, 11) is 1.63. The zero-order valence-corrected chi connectivity index (χ0v) is 12.2. The Kier molecular flexibility index (Phi) is 4.13. The highest BCUT2D eigenvalue weighted by atomic mass is 16.5. The topological polar surface area (TPSA) is 51.5 Å². The van der Waals surface area contributed by atoms with Crippen molar-refractivity contribution in [2.24, 2.45) is 0 Å². The van der Waals surface area contributed by atoms with Crippen LogP contribution in [0.5, 0.6) is 5.75 Å². The Morgan fingerprint density at radius 1 is 1.25 bits per heavy atom. The average Bonchev–Trinajstić information content (AvgIpc) is 2.78. The highest BCUT2D eigenvalue weighted by molar-refractivity contribution is 5.95. The molecule has 0 saturated carbocycles. The van der Waals surface area contributed by atoms with Gasteiger partial charge in [0.1, 0.15) is 17.3 Å². The van der Waals surface area contributed by atoms with Gasteiger partial charge in [-0.3, -0.25) is 4.79 Å². The van der Waals surface area contributed by atoms with Gasteiger partial charge in [-0.15, -0.1) is 0 Å². The zero-order chi connectivity index (χ0) is 14.7. The first-order valence-electron chi connectivity index (χ1n) is 6.53. The summed E-state index contributed by atoms with van der Waals surface area (Å²) in [6, 6.07) is 9.32. The number of methoxy groups -OCH3 is 1. The second kappa shape index (κ2) is 5.82. The number of carbonyl (C=O) groups is 1. The molecule has 2 rings (SSSR count). The number of rotatable bonds is 4. The number of aryl methyl sites for hydroxylation is 2. The molecule has 0 spiro atoms. The van der Waals surface area contributed by atoms with E-state index in [4.69, 9.17) is 9.15 Å². The lowest BCUT2D eigenvalue weighted by atomic mass is 10.1. The van der Waals surface area contributed by atoms with E-state index in [0.717, 1.165) is 17.1 Å². The van der Waals surface area contributed by atoms with Crippen LogP contribution in [-0.4, -0.2) is 13.0 Å². The molecule has 1 heterocycles. The number of furan rings is 1. The van der Waals surface area contributed by atoms with Crippen molar-refractivity contribution in [2.75, 3.05) is 7.11 Å². The molecule has 2 aromatic rings. The number of ether oxygens (including phenoxy) is 1. The molecule has 4 heteroatoms. The van der Waals surface area contributed by atoms with Gasteiger partial charge in [-0.2, -0.15) is 0 Å². The summed E-state index contributed by atoms with van der Waals surface area (Å²) in [5.74, 6) is 2.06. The first-order chi connectivity index (χ1) is 9.51. The van der Waals surface area contributed by atoms with Crippen LogP contribution >= 0.6 is 0 Å². The molecule has 1 N–H and O–H groups in total. The predicted molar refractivity (Wildman–Crippen MR) is 77.1 cm³/mol. The maximum atomic E-state index is 12.2. The van der Waals surface area contributed by atoms with Crippen LogP contribution in [0.25, 0.3) is 0 Å². The summed E-state index contributed by atoms with van der Waals surface area (Å²) < 4.78 is 10.5. The van der Waals surface area contributed by atoms with Crippen LogP contribution in [0.15, 0.2) is 34.7 Å². The summed E-state index contributed by atoms with van der Waals surface area (Å²) in [5, 5.41) is 2.96. The van der Waals surface area contributed by atoms with Gasteiger partial charge >= 0.3 is 0 Å². The molecule has 106 valence electrons. The Hall–Kier alpha value is -2.23. The third-order valence-electron chi connectivity index (χ3n) is 3.25. The molecule has 0 fully saturated rings. The maximum absolute atomic E-state index is 12.2. The average molecular weight is 273 g/mol. The van der Waals surface area contributed by atoms with E-state index < -0.39 is 0 Å². The maximum Gasteiger partial charge on any atom is 0.255 e. The lowest BCUT2D eigenvalue weighted by molar-refractivity contribution is 0.0938. The van der Waals surface area contributed by atoms with Crippen LogP contribution in [0.4, 0.5) is 0 Å². The summed E-state index contributed by atoms with van der Waals surface area (Å²) >= 11 is 0. The fourth-order valence-corrected chi connectivity index (χ4v) is 2.11. The second-order valence-electron chi connectivity index (χ2n) is 4.80. The van der Waals surface area contributed by atoms with Gasteiger partial charge in [-0.05, 0) is 44.5 Å². The van der Waals surface area contributed by atoms with Crippen molar-refractivity contribution in [1.82, 2.24) is 5.32 Å². The molecule has 0 bridgehead atoms. The molecular formula is C16H19NO3. The highest BCUT2D eigenvalue weighted by Crippen LogP contribution is 2.19. The van der Waals surface area contributed by atoms with Crippen molar-refractivity contribution in [3.8, 4) is 5.75 Å². The molecule has 0 aliphatic carbocycles. The number of benzene rings is 1. The lowest BCUT2D eigenvalue weighted by Gasteiger charge is -2.14. The molecule has 4 nitrogen and oxygen atoms in total. The molecular weight excluding hydrogens is 254 g/mol. The van der Waals surface area contributed by atoms with Crippen LogP contribution < -0.4 is 10.1 Å². The monoisotopic (exact) mass is 273 g/mol. The van der Waals surface area contributed by atoms with Crippen LogP contribution in [0, 0.1) is 13.8 Å². The molecule has 1 aromatic heterocycles. The van der Waals surface area contributed by atoms with E-state index in [-0.39, 0.29) is 11.9 Å². The molecule has 0 radical (unpaired) electrons. The molecule has 1 aromatic carbocycles. The molecule has 20 heavy (non-hydrogen) atoms. The molecule has 1 atom stereocenters. The van der Waals surface area contributed by atoms with Gasteiger partial charge in [-0.25, -0.2) is 0 Å². The normalized spacial score (nSPS) is 12.0. The fraction of sp³-hybridized carbons (Fsp3) is 0.312. The number of nitrogens with one attached hydrogen (secondary N) is 1. The Labute approximate surface area is 118 Å². The minimum Gasteiger partial charge on any atom is -0.497 e. The van der Waals surface area contributed by atoms with Gasteiger partial charge in [0.2, 0.25) is 0 Å². The molecule has 0 aliphatic rings. The van der Waals surface area contributed by atoms with E-state index in [0.29, 0.717) is 11.3 Å². The van der Waals surface area contributed by atoms with E-state index >= 15 is 0 Å². The Balaban J connectivity index is 2.08. The Morgan fingerprint density at radius 2 is 1.90 bits per heavy atom. The van der Waals surface area contributed by atoms with E-state index in [1.807, 2.05) is 38.1 Å². The van der Waals surface area contributed by atoms with Gasteiger partial charge in [0.25, 0.3) is 5.91 Å². The minimum atomic E-state index is -0.123. The smallest absolute Gasteiger partial charge is 0.255 e. The Bertz CT molecular complexity index is 599. The van der Waals surface area contributed by atoms with E-state index in [1.165, 1.54) is 0 Å². The van der Waals surface area contributed by atoms with Crippen molar-refractivity contribution in [3.05, 3.63) is 53.0 Å². The number of hydrogen-bond acceptors (Lipinski definition) is 3. The SMILES string of the molecule is COc1ccc(C(C)NC(=O)c2cc(C)oc2C)cc1. The molecule has 0 aliphatic heterocycles. The minimum absolute atomic E-state index is 0.0805. The summed E-state index contributed by atoms with van der Waals surface area (Å²) in [6.45, 7) is 5.57. The van der Waals surface area contributed by atoms with Crippen molar-refractivity contribution >= 4 is 5.91 Å². The van der Waals surface area contributed by atoms with Gasteiger partial charge in [0.15, 0.2) is 0 Å². The summed E-state index contributed by atoms with van der Waals surface area (Å²) in [6.07, 6.45) is 0. The quantitative estimate of drug-likeness (QED) is 0.929. The van der Waals surface area contributed by atoms with Crippen molar-refractivity contribution in [1.29, 1.82) is 0 Å². The fourth-order valence-electron chi connectivity index (χ4n) is 2.11. The molecule has 1 unspecified atom stereocenters. The predicted octanol–water partition coefficient (Wildman–Crippen LogP) is 3.40.